The van der Waals surface area contributed by atoms with Crippen LogP contribution in [0.5, 0.6) is 0 Å². The van der Waals surface area contributed by atoms with Crippen LogP contribution in [-0.2, 0) is 9.59 Å². The van der Waals surface area contributed by atoms with Crippen molar-refractivity contribution in [1.29, 1.82) is 0 Å². The zero-order valence-electron chi connectivity index (χ0n) is 16.3. The first-order valence-corrected chi connectivity index (χ1v) is 8.82. The molecule has 0 aliphatic rings. The number of rotatable bonds is 8. The number of carbonyl (C=O) groups excluding carboxylic acids is 2. The first-order valence-electron chi connectivity index (χ1n) is 8.82. The van der Waals surface area contributed by atoms with E-state index >= 15 is 0 Å². The van der Waals surface area contributed by atoms with Crippen molar-refractivity contribution in [2.75, 3.05) is 38.0 Å². The van der Waals surface area contributed by atoms with Crippen LogP contribution in [0.3, 0.4) is 0 Å². The number of anilines is 2. The Morgan fingerprint density at radius 1 is 0.667 bits per heavy atom. The third-order valence-electron chi connectivity index (χ3n) is 4.09. The van der Waals surface area contributed by atoms with E-state index < -0.39 is 0 Å². The number of nitrogens with zero attached hydrogens (tertiary/aromatic N) is 2. The van der Waals surface area contributed by atoms with E-state index in [1.54, 1.807) is 12.2 Å². The van der Waals surface area contributed by atoms with Crippen LogP contribution in [0.1, 0.15) is 17.5 Å². The summed E-state index contributed by atoms with van der Waals surface area (Å²) in [6.45, 7) is 0. The standard InChI is InChI=1S/C23H26N2O2/c1-24(2)20-11-5-18(6-12-20)9-15-22(26)17-23(27)16-10-19-7-13-21(14-8-19)25(3)4/h5-16H,17H2,1-4H3. The van der Waals surface area contributed by atoms with Crippen molar-refractivity contribution in [2.24, 2.45) is 0 Å². The van der Waals surface area contributed by atoms with Crippen LogP contribution in [-0.4, -0.2) is 39.8 Å². The van der Waals surface area contributed by atoms with E-state index in [9.17, 15) is 9.59 Å². The zero-order valence-corrected chi connectivity index (χ0v) is 16.3. The van der Waals surface area contributed by atoms with E-state index in [1.165, 1.54) is 12.2 Å². The number of ketones is 2. The Labute approximate surface area is 161 Å². The van der Waals surface area contributed by atoms with E-state index in [4.69, 9.17) is 0 Å². The minimum Gasteiger partial charge on any atom is -0.378 e. The lowest BCUT2D eigenvalue weighted by Crippen LogP contribution is -2.08. The summed E-state index contributed by atoms with van der Waals surface area (Å²) < 4.78 is 0. The Hall–Kier alpha value is -3.14. The fraction of sp³-hybridized carbons (Fsp3) is 0.217. The van der Waals surface area contributed by atoms with Gasteiger partial charge in [0.05, 0.1) is 6.42 Å². The quantitative estimate of drug-likeness (QED) is 0.524. The lowest BCUT2D eigenvalue weighted by Gasteiger charge is -2.11. The van der Waals surface area contributed by atoms with Gasteiger partial charge in [0.25, 0.3) is 0 Å². The van der Waals surface area contributed by atoms with Gasteiger partial charge >= 0.3 is 0 Å². The summed E-state index contributed by atoms with van der Waals surface area (Å²) in [5.41, 5.74) is 4.05. The summed E-state index contributed by atoms with van der Waals surface area (Å²) >= 11 is 0. The van der Waals surface area contributed by atoms with Crippen LogP contribution in [0.4, 0.5) is 11.4 Å². The van der Waals surface area contributed by atoms with E-state index in [0.717, 1.165) is 22.5 Å². The van der Waals surface area contributed by atoms with Crippen LogP contribution in [0.2, 0.25) is 0 Å². The molecule has 4 nitrogen and oxygen atoms in total. The average Bonchev–Trinajstić information content (AvgIpc) is 2.65. The molecule has 2 aromatic rings. The topological polar surface area (TPSA) is 40.6 Å². The van der Waals surface area contributed by atoms with Gasteiger partial charge in [0.1, 0.15) is 0 Å². The predicted molar refractivity (Wildman–Crippen MR) is 114 cm³/mol. The van der Waals surface area contributed by atoms with Gasteiger partial charge in [-0.2, -0.15) is 0 Å². The maximum absolute atomic E-state index is 12.0. The summed E-state index contributed by atoms with van der Waals surface area (Å²) in [5.74, 6) is -0.409. The van der Waals surface area contributed by atoms with E-state index in [0.29, 0.717) is 0 Å². The summed E-state index contributed by atoms with van der Waals surface area (Å²) in [4.78, 5) is 28.0. The van der Waals surface area contributed by atoms with E-state index in [2.05, 4.69) is 0 Å². The van der Waals surface area contributed by atoms with Gasteiger partial charge in [0.15, 0.2) is 11.6 Å². The Balaban J connectivity index is 1.88. The van der Waals surface area contributed by atoms with Crippen LogP contribution >= 0.6 is 0 Å². The van der Waals surface area contributed by atoms with Crippen LogP contribution < -0.4 is 9.80 Å². The van der Waals surface area contributed by atoms with Crippen LogP contribution in [0.15, 0.2) is 60.7 Å². The molecule has 0 saturated heterocycles. The van der Waals surface area contributed by atoms with Gasteiger partial charge in [0.2, 0.25) is 0 Å². The van der Waals surface area contributed by atoms with Gasteiger partial charge in [0, 0.05) is 39.6 Å². The van der Waals surface area contributed by atoms with Gasteiger partial charge in [-0.1, -0.05) is 36.4 Å². The van der Waals surface area contributed by atoms with Crippen molar-refractivity contribution in [3.8, 4) is 0 Å². The largest absolute Gasteiger partial charge is 0.378 e. The first kappa shape index (κ1) is 20.2. The van der Waals surface area contributed by atoms with Gasteiger partial charge in [-0.25, -0.2) is 0 Å². The van der Waals surface area contributed by atoms with Crippen molar-refractivity contribution < 1.29 is 9.59 Å². The summed E-state index contributed by atoms with van der Waals surface area (Å²) in [6, 6.07) is 15.7. The second-order valence-electron chi connectivity index (χ2n) is 6.75. The Kier molecular flexibility index (Phi) is 7.12. The molecule has 2 rings (SSSR count). The molecular formula is C23H26N2O2. The summed E-state index contributed by atoms with van der Waals surface area (Å²) in [6.07, 6.45) is 6.26. The molecule has 140 valence electrons. The van der Waals surface area contributed by atoms with E-state index in [1.807, 2.05) is 86.5 Å². The minimum atomic E-state index is -0.204. The Morgan fingerprint density at radius 3 is 1.30 bits per heavy atom. The molecule has 27 heavy (non-hydrogen) atoms. The highest BCUT2D eigenvalue weighted by molar-refractivity contribution is 6.10. The molecule has 0 aliphatic carbocycles. The van der Waals surface area contributed by atoms with Crippen molar-refractivity contribution in [3.05, 3.63) is 71.8 Å². The fourth-order valence-electron chi connectivity index (χ4n) is 2.44. The van der Waals surface area contributed by atoms with Gasteiger partial charge < -0.3 is 9.80 Å². The minimum absolute atomic E-state index is 0.126. The molecule has 0 unspecified atom stereocenters. The maximum Gasteiger partial charge on any atom is 0.163 e. The molecule has 0 heterocycles. The van der Waals surface area contributed by atoms with Crippen LogP contribution in [0.25, 0.3) is 12.2 Å². The Morgan fingerprint density at radius 2 is 1.00 bits per heavy atom. The number of benzene rings is 2. The lowest BCUT2D eigenvalue weighted by atomic mass is 10.1. The van der Waals surface area contributed by atoms with Crippen molar-refractivity contribution in [1.82, 2.24) is 0 Å². The van der Waals surface area contributed by atoms with E-state index in [-0.39, 0.29) is 18.0 Å². The highest BCUT2D eigenvalue weighted by Gasteiger charge is 2.04. The molecule has 0 amide bonds. The monoisotopic (exact) mass is 362 g/mol. The molecular weight excluding hydrogens is 336 g/mol. The second kappa shape index (κ2) is 9.53. The second-order valence-corrected chi connectivity index (χ2v) is 6.75. The van der Waals surface area contributed by atoms with Crippen molar-refractivity contribution in [2.45, 2.75) is 6.42 Å². The van der Waals surface area contributed by atoms with Crippen LogP contribution in [0, 0.1) is 0 Å². The number of allylic oxidation sites excluding steroid dienone is 2. The van der Waals surface area contributed by atoms with Crippen molar-refractivity contribution in [3.63, 3.8) is 0 Å². The summed E-state index contributed by atoms with van der Waals surface area (Å²) in [5, 5.41) is 0. The first-order chi connectivity index (χ1) is 12.8. The smallest absolute Gasteiger partial charge is 0.163 e. The molecule has 0 bridgehead atoms. The third-order valence-corrected chi connectivity index (χ3v) is 4.09. The maximum atomic E-state index is 12.0. The molecule has 0 aliphatic heterocycles. The SMILES string of the molecule is CN(C)c1ccc(C=CC(=O)CC(=O)C=Cc2ccc(N(C)C)cc2)cc1. The lowest BCUT2D eigenvalue weighted by molar-refractivity contribution is -0.121. The molecule has 0 saturated carbocycles. The Bertz CT molecular complexity index is 758. The van der Waals surface area contributed by atoms with Gasteiger partial charge in [-0.15, -0.1) is 0 Å². The zero-order chi connectivity index (χ0) is 19.8. The molecule has 2 aromatic carbocycles. The molecule has 0 fully saturated rings. The normalized spacial score (nSPS) is 11.1. The number of hydrogen-bond acceptors (Lipinski definition) is 4. The van der Waals surface area contributed by atoms with Gasteiger partial charge in [-0.3, -0.25) is 9.59 Å². The number of carbonyl (C=O) groups is 2. The molecule has 0 aromatic heterocycles. The molecule has 0 spiro atoms. The predicted octanol–water partition coefficient (Wildman–Crippen LogP) is 4.07. The highest BCUT2D eigenvalue weighted by atomic mass is 16.1. The number of hydrogen-bond donors (Lipinski definition) is 0. The summed E-state index contributed by atoms with van der Waals surface area (Å²) in [7, 11) is 7.91. The molecule has 0 radical (unpaired) electrons. The highest BCUT2D eigenvalue weighted by Crippen LogP contribution is 2.14. The van der Waals surface area contributed by atoms with Crippen molar-refractivity contribution >= 4 is 35.1 Å². The molecule has 4 heteroatoms. The molecule has 0 atom stereocenters. The van der Waals surface area contributed by atoms with Gasteiger partial charge in [-0.05, 0) is 47.5 Å². The molecule has 0 N–H and O–H groups in total. The third kappa shape index (κ3) is 6.59. The average molecular weight is 362 g/mol. The fourth-order valence-corrected chi connectivity index (χ4v) is 2.44.